The summed E-state index contributed by atoms with van der Waals surface area (Å²) in [5, 5.41) is 5.26. The lowest BCUT2D eigenvalue weighted by Crippen LogP contribution is -2.37. The van der Waals surface area contributed by atoms with Crippen molar-refractivity contribution in [2.75, 3.05) is 0 Å². The fourth-order valence-corrected chi connectivity index (χ4v) is 3.13. The van der Waals surface area contributed by atoms with E-state index >= 15 is 0 Å². The maximum absolute atomic E-state index is 14.2. The molecule has 0 atom stereocenters. The van der Waals surface area contributed by atoms with Crippen LogP contribution in [0.3, 0.4) is 0 Å². The number of hydrogen-bond acceptors (Lipinski definition) is 1. The van der Waals surface area contributed by atoms with E-state index in [-0.39, 0.29) is 11.4 Å². The van der Waals surface area contributed by atoms with Crippen molar-refractivity contribution in [1.82, 2.24) is 9.88 Å². The molecule has 25 heavy (non-hydrogen) atoms. The Morgan fingerprint density at radius 3 is 2.60 bits per heavy atom. The molecular formula is C21H24ClFN2. The van der Waals surface area contributed by atoms with Crippen molar-refractivity contribution in [2.24, 2.45) is 0 Å². The Morgan fingerprint density at radius 2 is 1.88 bits per heavy atom. The highest BCUT2D eigenvalue weighted by molar-refractivity contribution is 6.31. The van der Waals surface area contributed by atoms with E-state index in [0.29, 0.717) is 17.1 Å². The molecule has 1 N–H and O–H groups in total. The SMILES string of the molecule is CCC(C)(C)NCc1cn(Cc2c(F)cccc2Cl)c2ccccc12. The van der Waals surface area contributed by atoms with Gasteiger partial charge in [-0.1, -0.05) is 42.8 Å². The molecule has 0 unspecified atom stereocenters. The molecule has 132 valence electrons. The lowest BCUT2D eigenvalue weighted by atomic mass is 10.0. The van der Waals surface area contributed by atoms with Gasteiger partial charge in [-0.2, -0.15) is 0 Å². The number of nitrogens with zero attached hydrogens (tertiary/aromatic N) is 1. The van der Waals surface area contributed by atoms with Gasteiger partial charge in [0.1, 0.15) is 5.82 Å². The van der Waals surface area contributed by atoms with Gasteiger partial charge >= 0.3 is 0 Å². The van der Waals surface area contributed by atoms with Crippen LogP contribution in [0.2, 0.25) is 5.02 Å². The number of aromatic nitrogens is 1. The molecule has 0 aliphatic rings. The van der Waals surface area contributed by atoms with Crippen LogP contribution in [0.1, 0.15) is 38.3 Å². The largest absolute Gasteiger partial charge is 0.343 e. The molecule has 4 heteroatoms. The Bertz CT molecular complexity index is 862. The minimum atomic E-state index is -0.267. The summed E-state index contributed by atoms with van der Waals surface area (Å²) in [4.78, 5) is 0. The van der Waals surface area contributed by atoms with Crippen molar-refractivity contribution < 1.29 is 4.39 Å². The van der Waals surface area contributed by atoms with Crippen molar-refractivity contribution in [3.63, 3.8) is 0 Å². The van der Waals surface area contributed by atoms with Gasteiger partial charge in [-0.15, -0.1) is 0 Å². The first-order valence-corrected chi connectivity index (χ1v) is 9.04. The van der Waals surface area contributed by atoms with Crippen LogP contribution in [-0.4, -0.2) is 10.1 Å². The van der Waals surface area contributed by atoms with E-state index in [4.69, 9.17) is 11.6 Å². The van der Waals surface area contributed by atoms with Crippen LogP contribution in [-0.2, 0) is 13.1 Å². The maximum Gasteiger partial charge on any atom is 0.129 e. The molecule has 2 nitrogen and oxygen atoms in total. The van der Waals surface area contributed by atoms with E-state index in [2.05, 4.69) is 49.0 Å². The number of rotatable bonds is 6. The molecule has 3 rings (SSSR count). The van der Waals surface area contributed by atoms with Crippen LogP contribution >= 0.6 is 11.6 Å². The molecule has 0 saturated carbocycles. The number of hydrogen-bond donors (Lipinski definition) is 1. The topological polar surface area (TPSA) is 17.0 Å². The number of para-hydroxylation sites is 1. The highest BCUT2D eigenvalue weighted by atomic mass is 35.5. The fraction of sp³-hybridized carbons (Fsp3) is 0.333. The average molecular weight is 359 g/mol. The number of halogens is 2. The first-order chi connectivity index (χ1) is 11.9. The van der Waals surface area contributed by atoms with E-state index in [0.717, 1.165) is 18.5 Å². The Hall–Kier alpha value is -1.84. The molecule has 1 aromatic heterocycles. The van der Waals surface area contributed by atoms with E-state index in [1.165, 1.54) is 17.0 Å². The van der Waals surface area contributed by atoms with Gasteiger partial charge in [-0.3, -0.25) is 0 Å². The van der Waals surface area contributed by atoms with Crippen LogP contribution in [0.25, 0.3) is 10.9 Å². The quantitative estimate of drug-likeness (QED) is 0.592. The molecule has 1 heterocycles. The third kappa shape index (κ3) is 3.88. The summed E-state index contributed by atoms with van der Waals surface area (Å²) in [5.74, 6) is -0.267. The lowest BCUT2D eigenvalue weighted by molar-refractivity contribution is 0.375. The van der Waals surface area contributed by atoms with E-state index in [1.54, 1.807) is 12.1 Å². The van der Waals surface area contributed by atoms with Crippen LogP contribution in [0.4, 0.5) is 4.39 Å². The normalized spacial score (nSPS) is 12.0. The van der Waals surface area contributed by atoms with Crippen molar-refractivity contribution in [3.8, 4) is 0 Å². The molecule has 0 fully saturated rings. The monoisotopic (exact) mass is 358 g/mol. The smallest absolute Gasteiger partial charge is 0.129 e. The summed E-state index contributed by atoms with van der Waals surface area (Å²) in [6, 6.07) is 13.1. The number of benzene rings is 2. The van der Waals surface area contributed by atoms with Gasteiger partial charge in [-0.25, -0.2) is 4.39 Å². The predicted octanol–water partition coefficient (Wildman–Crippen LogP) is 5.76. The predicted molar refractivity (Wildman–Crippen MR) is 104 cm³/mol. The van der Waals surface area contributed by atoms with Gasteiger partial charge in [-0.05, 0) is 44.0 Å². The fourth-order valence-electron chi connectivity index (χ4n) is 2.91. The molecule has 0 spiro atoms. The molecule has 0 bridgehead atoms. The first-order valence-electron chi connectivity index (χ1n) is 8.66. The highest BCUT2D eigenvalue weighted by Gasteiger charge is 2.16. The van der Waals surface area contributed by atoms with Gasteiger partial charge in [0.05, 0.1) is 6.54 Å². The van der Waals surface area contributed by atoms with E-state index < -0.39 is 0 Å². The average Bonchev–Trinajstić information content (AvgIpc) is 2.95. The zero-order valence-electron chi connectivity index (χ0n) is 14.9. The first kappa shape index (κ1) is 18.0. The maximum atomic E-state index is 14.2. The van der Waals surface area contributed by atoms with E-state index in [9.17, 15) is 4.39 Å². The Morgan fingerprint density at radius 1 is 1.12 bits per heavy atom. The Kier molecular flexibility index (Phi) is 5.16. The summed E-state index contributed by atoms with van der Waals surface area (Å²) in [6.07, 6.45) is 3.16. The standard InChI is InChI=1S/C21H24ClFN2/c1-4-21(2,3)24-12-15-13-25(20-11-6-5-8-16(15)20)14-17-18(22)9-7-10-19(17)23/h5-11,13,24H,4,12,14H2,1-3H3. The van der Waals surface area contributed by atoms with Crippen molar-refractivity contribution in [2.45, 2.75) is 45.8 Å². The number of nitrogens with one attached hydrogen (secondary N) is 1. The summed E-state index contributed by atoms with van der Waals surface area (Å²) >= 11 is 6.21. The van der Waals surface area contributed by atoms with Crippen LogP contribution in [0, 0.1) is 5.82 Å². The third-order valence-corrected chi connectivity index (χ3v) is 5.26. The zero-order valence-corrected chi connectivity index (χ0v) is 15.7. The summed E-state index contributed by atoms with van der Waals surface area (Å²) in [7, 11) is 0. The summed E-state index contributed by atoms with van der Waals surface area (Å²) in [5.41, 5.74) is 2.91. The van der Waals surface area contributed by atoms with Crippen molar-refractivity contribution in [1.29, 1.82) is 0 Å². The molecular weight excluding hydrogens is 335 g/mol. The number of fused-ring (bicyclic) bond motifs is 1. The molecule has 0 amide bonds. The minimum absolute atomic E-state index is 0.0814. The molecule has 3 aromatic rings. The third-order valence-electron chi connectivity index (χ3n) is 4.90. The van der Waals surface area contributed by atoms with Crippen LogP contribution in [0.5, 0.6) is 0 Å². The van der Waals surface area contributed by atoms with Crippen molar-refractivity contribution in [3.05, 3.63) is 70.6 Å². The second-order valence-corrected chi connectivity index (χ2v) is 7.50. The second-order valence-electron chi connectivity index (χ2n) is 7.09. The molecule has 0 radical (unpaired) electrons. The molecule has 2 aromatic carbocycles. The van der Waals surface area contributed by atoms with E-state index in [1.807, 2.05) is 12.1 Å². The van der Waals surface area contributed by atoms with Gasteiger partial charge in [0.25, 0.3) is 0 Å². The Balaban J connectivity index is 1.97. The van der Waals surface area contributed by atoms with Crippen molar-refractivity contribution >= 4 is 22.5 Å². The summed E-state index contributed by atoms with van der Waals surface area (Å²) in [6.45, 7) is 7.77. The minimum Gasteiger partial charge on any atom is -0.343 e. The molecule has 0 aliphatic carbocycles. The molecule has 0 aliphatic heterocycles. The lowest BCUT2D eigenvalue weighted by Gasteiger charge is -2.24. The van der Waals surface area contributed by atoms with Gasteiger partial charge in [0.15, 0.2) is 0 Å². The van der Waals surface area contributed by atoms with Crippen LogP contribution in [0.15, 0.2) is 48.7 Å². The second kappa shape index (κ2) is 7.19. The highest BCUT2D eigenvalue weighted by Crippen LogP contribution is 2.26. The van der Waals surface area contributed by atoms with Gasteiger partial charge in [0, 0.05) is 39.8 Å². The molecule has 0 saturated heterocycles. The van der Waals surface area contributed by atoms with Gasteiger partial charge in [0.2, 0.25) is 0 Å². The Labute approximate surface area is 153 Å². The zero-order chi connectivity index (χ0) is 18.0. The summed E-state index contributed by atoms with van der Waals surface area (Å²) < 4.78 is 16.3. The van der Waals surface area contributed by atoms with Crippen LogP contribution < -0.4 is 5.32 Å². The van der Waals surface area contributed by atoms with Gasteiger partial charge < -0.3 is 9.88 Å².